The molecule has 0 fully saturated rings. The van der Waals surface area contributed by atoms with Gasteiger partial charge in [-0.1, -0.05) is 36.4 Å². The highest BCUT2D eigenvalue weighted by molar-refractivity contribution is 7.14. The zero-order valence-corrected chi connectivity index (χ0v) is 10.0. The molecule has 0 N–H and O–H groups in total. The van der Waals surface area contributed by atoms with Crippen molar-refractivity contribution < 1.29 is 0 Å². The van der Waals surface area contributed by atoms with Crippen LogP contribution in [-0.4, -0.2) is 4.98 Å². The topological polar surface area (TPSA) is 12.9 Å². The van der Waals surface area contributed by atoms with Crippen molar-refractivity contribution in [2.24, 2.45) is 0 Å². The largest absolute Gasteiger partial charge is 0.255 e. The molecule has 2 aromatic heterocycles. The van der Waals surface area contributed by atoms with Crippen LogP contribution in [0.15, 0.2) is 66.2 Å². The van der Waals surface area contributed by atoms with Crippen LogP contribution in [0.25, 0.3) is 21.7 Å². The standard InChI is InChI=1S/C15H11NS/c1-2-6-12(7-3-1)13-10-15(17-11-13)14-8-4-5-9-16-14/h1-11H. The number of benzene rings is 1. The van der Waals surface area contributed by atoms with Gasteiger partial charge >= 0.3 is 0 Å². The second-order valence-electron chi connectivity index (χ2n) is 3.78. The molecule has 3 rings (SSSR count). The Balaban J connectivity index is 1.99. The third kappa shape index (κ3) is 2.12. The van der Waals surface area contributed by atoms with Gasteiger partial charge in [-0.05, 0) is 34.7 Å². The second kappa shape index (κ2) is 4.52. The lowest BCUT2D eigenvalue weighted by molar-refractivity contribution is 1.34. The molecule has 0 aliphatic heterocycles. The lowest BCUT2D eigenvalue weighted by Gasteiger charge is -1.96. The summed E-state index contributed by atoms with van der Waals surface area (Å²) in [4.78, 5) is 5.58. The van der Waals surface area contributed by atoms with Crippen molar-refractivity contribution >= 4 is 11.3 Å². The predicted octanol–water partition coefficient (Wildman–Crippen LogP) is 4.48. The van der Waals surface area contributed by atoms with Crippen LogP contribution < -0.4 is 0 Å². The molecule has 0 atom stereocenters. The number of pyridine rings is 1. The highest BCUT2D eigenvalue weighted by Gasteiger charge is 2.04. The van der Waals surface area contributed by atoms with E-state index in [0.29, 0.717) is 0 Å². The van der Waals surface area contributed by atoms with Crippen LogP contribution >= 0.6 is 11.3 Å². The van der Waals surface area contributed by atoms with E-state index in [4.69, 9.17) is 0 Å². The molecule has 1 aromatic carbocycles. The first-order chi connectivity index (χ1) is 8.43. The fourth-order valence-electron chi connectivity index (χ4n) is 1.76. The van der Waals surface area contributed by atoms with Gasteiger partial charge in [0.15, 0.2) is 0 Å². The summed E-state index contributed by atoms with van der Waals surface area (Å²) in [5.41, 5.74) is 3.56. The lowest BCUT2D eigenvalue weighted by atomic mass is 10.1. The molecule has 0 saturated heterocycles. The highest BCUT2D eigenvalue weighted by Crippen LogP contribution is 2.31. The number of nitrogens with zero attached hydrogens (tertiary/aromatic N) is 1. The van der Waals surface area contributed by atoms with Crippen molar-refractivity contribution in [2.45, 2.75) is 0 Å². The van der Waals surface area contributed by atoms with Crippen LogP contribution in [0.5, 0.6) is 0 Å². The van der Waals surface area contributed by atoms with E-state index in [9.17, 15) is 0 Å². The average Bonchev–Trinajstić information content (AvgIpc) is 2.90. The van der Waals surface area contributed by atoms with Crippen LogP contribution in [0.1, 0.15) is 0 Å². The van der Waals surface area contributed by atoms with E-state index in [0.717, 1.165) is 5.69 Å². The molecular formula is C15H11NS. The monoisotopic (exact) mass is 237 g/mol. The third-order valence-corrected chi connectivity index (χ3v) is 3.58. The number of rotatable bonds is 2. The van der Waals surface area contributed by atoms with Gasteiger partial charge in [0.1, 0.15) is 0 Å². The van der Waals surface area contributed by atoms with Crippen LogP contribution in [-0.2, 0) is 0 Å². The van der Waals surface area contributed by atoms with Gasteiger partial charge in [0.05, 0.1) is 10.6 Å². The summed E-state index contributed by atoms with van der Waals surface area (Å²) in [6, 6.07) is 18.6. The van der Waals surface area contributed by atoms with Crippen molar-refractivity contribution in [1.29, 1.82) is 0 Å². The Bertz CT molecular complexity index is 545. The first-order valence-corrected chi connectivity index (χ1v) is 6.37. The first-order valence-electron chi connectivity index (χ1n) is 5.49. The third-order valence-electron chi connectivity index (χ3n) is 2.62. The molecule has 2 heterocycles. The zero-order valence-electron chi connectivity index (χ0n) is 9.21. The summed E-state index contributed by atoms with van der Waals surface area (Å²) in [7, 11) is 0. The lowest BCUT2D eigenvalue weighted by Crippen LogP contribution is -1.76. The molecule has 17 heavy (non-hydrogen) atoms. The van der Waals surface area contributed by atoms with Crippen molar-refractivity contribution in [1.82, 2.24) is 4.98 Å². The van der Waals surface area contributed by atoms with E-state index < -0.39 is 0 Å². The fourth-order valence-corrected chi connectivity index (χ4v) is 2.66. The maximum absolute atomic E-state index is 4.37. The van der Waals surface area contributed by atoms with E-state index in [1.54, 1.807) is 11.3 Å². The molecule has 0 unspecified atom stereocenters. The number of thiophene rings is 1. The van der Waals surface area contributed by atoms with Gasteiger partial charge in [-0.2, -0.15) is 0 Å². The Hall–Kier alpha value is -1.93. The molecule has 82 valence electrons. The van der Waals surface area contributed by atoms with Gasteiger partial charge in [0, 0.05) is 6.20 Å². The summed E-state index contributed by atoms with van der Waals surface area (Å²) in [5.74, 6) is 0. The zero-order chi connectivity index (χ0) is 11.5. The SMILES string of the molecule is c1ccc(-c2csc(-c3ccccn3)c2)cc1. The van der Waals surface area contributed by atoms with Crippen LogP contribution in [0, 0.1) is 0 Å². The summed E-state index contributed by atoms with van der Waals surface area (Å²) < 4.78 is 0. The van der Waals surface area contributed by atoms with Crippen LogP contribution in [0.4, 0.5) is 0 Å². The first kappa shape index (κ1) is 10.2. The van der Waals surface area contributed by atoms with Crippen molar-refractivity contribution in [3.63, 3.8) is 0 Å². The Morgan fingerprint density at radius 3 is 2.41 bits per heavy atom. The second-order valence-corrected chi connectivity index (χ2v) is 4.69. The van der Waals surface area contributed by atoms with Crippen molar-refractivity contribution in [3.8, 4) is 21.7 Å². The smallest absolute Gasteiger partial charge is 0.0801 e. The summed E-state index contributed by atoms with van der Waals surface area (Å²) in [5, 5.41) is 2.18. The average molecular weight is 237 g/mol. The summed E-state index contributed by atoms with van der Waals surface area (Å²) in [6.45, 7) is 0. The van der Waals surface area contributed by atoms with Crippen molar-refractivity contribution in [2.75, 3.05) is 0 Å². The van der Waals surface area contributed by atoms with Gasteiger partial charge in [0.25, 0.3) is 0 Å². The van der Waals surface area contributed by atoms with Gasteiger partial charge in [-0.25, -0.2) is 0 Å². The molecule has 0 amide bonds. The quantitative estimate of drug-likeness (QED) is 0.640. The predicted molar refractivity (Wildman–Crippen MR) is 73.0 cm³/mol. The van der Waals surface area contributed by atoms with E-state index in [-0.39, 0.29) is 0 Å². The molecule has 0 aliphatic rings. The van der Waals surface area contributed by atoms with Crippen LogP contribution in [0.2, 0.25) is 0 Å². The number of aromatic nitrogens is 1. The Labute approximate surface area is 104 Å². The molecule has 0 bridgehead atoms. The number of hydrogen-bond donors (Lipinski definition) is 0. The Kier molecular flexibility index (Phi) is 2.72. The van der Waals surface area contributed by atoms with Crippen molar-refractivity contribution in [3.05, 3.63) is 66.2 Å². The summed E-state index contributed by atoms with van der Waals surface area (Å²) in [6.07, 6.45) is 1.83. The van der Waals surface area contributed by atoms with Gasteiger partial charge in [-0.3, -0.25) is 4.98 Å². The minimum atomic E-state index is 1.04. The van der Waals surface area contributed by atoms with Gasteiger partial charge < -0.3 is 0 Å². The molecule has 0 aliphatic carbocycles. The maximum atomic E-state index is 4.37. The van der Waals surface area contributed by atoms with E-state index >= 15 is 0 Å². The van der Waals surface area contributed by atoms with E-state index in [2.05, 4.69) is 40.7 Å². The van der Waals surface area contributed by atoms with Crippen LogP contribution in [0.3, 0.4) is 0 Å². The molecule has 0 saturated carbocycles. The van der Waals surface area contributed by atoms with E-state index in [1.165, 1.54) is 16.0 Å². The molecule has 0 radical (unpaired) electrons. The molecule has 1 nitrogen and oxygen atoms in total. The minimum Gasteiger partial charge on any atom is -0.255 e. The molecule has 0 spiro atoms. The van der Waals surface area contributed by atoms with Gasteiger partial charge in [-0.15, -0.1) is 11.3 Å². The molecule has 3 aromatic rings. The minimum absolute atomic E-state index is 1.04. The Morgan fingerprint density at radius 1 is 0.824 bits per heavy atom. The molecular weight excluding hydrogens is 226 g/mol. The Morgan fingerprint density at radius 2 is 1.65 bits per heavy atom. The summed E-state index contributed by atoms with van der Waals surface area (Å²) >= 11 is 1.73. The number of hydrogen-bond acceptors (Lipinski definition) is 2. The normalized spacial score (nSPS) is 10.4. The molecule has 2 heteroatoms. The highest BCUT2D eigenvalue weighted by atomic mass is 32.1. The van der Waals surface area contributed by atoms with Gasteiger partial charge in [0.2, 0.25) is 0 Å². The maximum Gasteiger partial charge on any atom is 0.0801 e. The van der Waals surface area contributed by atoms with E-state index in [1.807, 2.05) is 30.5 Å². The fraction of sp³-hybridized carbons (Fsp3) is 0.